The van der Waals surface area contributed by atoms with Crippen LogP contribution in [0.3, 0.4) is 0 Å². The number of carbonyl (C=O) groups excluding carboxylic acids is 2. The molecule has 0 radical (unpaired) electrons. The Balaban J connectivity index is 1.61. The average molecular weight is 451 g/mol. The van der Waals surface area contributed by atoms with E-state index in [9.17, 15) is 18.0 Å². The second kappa shape index (κ2) is 9.55. The van der Waals surface area contributed by atoms with Crippen LogP contribution >= 0.6 is 11.6 Å². The van der Waals surface area contributed by atoms with E-state index in [4.69, 9.17) is 11.6 Å². The van der Waals surface area contributed by atoms with Crippen LogP contribution in [0.1, 0.15) is 19.8 Å². The molecule has 0 aliphatic carbocycles. The molecule has 1 aliphatic heterocycles. The van der Waals surface area contributed by atoms with Crippen molar-refractivity contribution in [2.75, 3.05) is 18.4 Å². The van der Waals surface area contributed by atoms with Crippen molar-refractivity contribution in [3.63, 3.8) is 0 Å². The lowest BCUT2D eigenvalue weighted by molar-refractivity contribution is -0.129. The van der Waals surface area contributed by atoms with Crippen molar-refractivity contribution in [1.29, 1.82) is 0 Å². The van der Waals surface area contributed by atoms with Gasteiger partial charge in [0, 0.05) is 24.3 Å². The van der Waals surface area contributed by atoms with Crippen molar-refractivity contribution >= 4 is 39.3 Å². The van der Waals surface area contributed by atoms with Crippen LogP contribution in [0.15, 0.2) is 53.6 Å². The standard InChI is InChI=1S/C20H23ClN4O4S/c1-14(19(26)24-18-6-2-3-11-22-18)23-20(27)15-5-4-12-25(13-15)30(28,29)17-9-7-16(21)8-10-17/h2-3,6-11,14-15H,4-5,12-13H2,1H3,(H,23,27)(H,22,24,26)/t14-,15-/m0/s1. The van der Waals surface area contributed by atoms with Gasteiger partial charge in [-0.2, -0.15) is 4.31 Å². The van der Waals surface area contributed by atoms with Gasteiger partial charge in [0.05, 0.1) is 10.8 Å². The lowest BCUT2D eigenvalue weighted by Crippen LogP contribution is -2.49. The fraction of sp³-hybridized carbons (Fsp3) is 0.350. The molecular weight excluding hydrogens is 428 g/mol. The number of nitrogens with zero attached hydrogens (tertiary/aromatic N) is 2. The zero-order valence-electron chi connectivity index (χ0n) is 16.4. The van der Waals surface area contributed by atoms with E-state index in [1.165, 1.54) is 28.6 Å². The van der Waals surface area contributed by atoms with Crippen LogP contribution in [-0.4, -0.2) is 48.7 Å². The molecule has 30 heavy (non-hydrogen) atoms. The number of aromatic nitrogens is 1. The van der Waals surface area contributed by atoms with Gasteiger partial charge in [0.25, 0.3) is 0 Å². The first kappa shape index (κ1) is 22.2. The Morgan fingerprint density at radius 3 is 2.60 bits per heavy atom. The molecule has 1 fully saturated rings. The van der Waals surface area contributed by atoms with Crippen molar-refractivity contribution in [3.8, 4) is 0 Å². The number of nitrogens with one attached hydrogen (secondary N) is 2. The molecule has 2 N–H and O–H groups in total. The van der Waals surface area contributed by atoms with Crippen LogP contribution in [0.4, 0.5) is 5.82 Å². The first-order valence-corrected chi connectivity index (χ1v) is 11.4. The van der Waals surface area contributed by atoms with E-state index in [0.717, 1.165) is 0 Å². The number of anilines is 1. The fourth-order valence-corrected chi connectivity index (χ4v) is 4.85. The van der Waals surface area contributed by atoms with E-state index in [0.29, 0.717) is 30.2 Å². The summed E-state index contributed by atoms with van der Waals surface area (Å²) in [6, 6.07) is 10.3. The van der Waals surface area contributed by atoms with Crippen molar-refractivity contribution < 1.29 is 18.0 Å². The van der Waals surface area contributed by atoms with Crippen LogP contribution in [-0.2, 0) is 19.6 Å². The smallest absolute Gasteiger partial charge is 0.247 e. The van der Waals surface area contributed by atoms with Gasteiger partial charge in [-0.05, 0) is 56.2 Å². The van der Waals surface area contributed by atoms with Crippen molar-refractivity contribution in [1.82, 2.24) is 14.6 Å². The lowest BCUT2D eigenvalue weighted by Gasteiger charge is -2.31. The van der Waals surface area contributed by atoms with Gasteiger partial charge in [-0.15, -0.1) is 0 Å². The summed E-state index contributed by atoms with van der Waals surface area (Å²) in [7, 11) is -3.72. The number of amides is 2. The van der Waals surface area contributed by atoms with E-state index in [1.807, 2.05) is 0 Å². The number of sulfonamides is 1. The van der Waals surface area contributed by atoms with Crippen LogP contribution in [0.5, 0.6) is 0 Å². The normalized spacial score (nSPS) is 18.4. The number of halogens is 1. The van der Waals surface area contributed by atoms with Gasteiger partial charge in [0.2, 0.25) is 21.8 Å². The summed E-state index contributed by atoms with van der Waals surface area (Å²) in [5.74, 6) is -0.898. The van der Waals surface area contributed by atoms with Gasteiger partial charge in [-0.25, -0.2) is 13.4 Å². The Bertz CT molecular complexity index is 999. The van der Waals surface area contributed by atoms with Crippen LogP contribution in [0.2, 0.25) is 5.02 Å². The Hall–Kier alpha value is -2.49. The molecule has 2 amide bonds. The molecule has 2 heterocycles. The molecule has 2 aromatic rings. The van der Waals surface area contributed by atoms with Gasteiger partial charge in [0.1, 0.15) is 11.9 Å². The van der Waals surface area contributed by atoms with Crippen molar-refractivity contribution in [2.24, 2.45) is 5.92 Å². The summed E-state index contributed by atoms with van der Waals surface area (Å²) in [6.07, 6.45) is 2.66. The molecule has 0 spiro atoms. The lowest BCUT2D eigenvalue weighted by atomic mass is 9.98. The van der Waals surface area contributed by atoms with Gasteiger partial charge >= 0.3 is 0 Å². The van der Waals surface area contributed by atoms with Crippen LogP contribution in [0, 0.1) is 5.92 Å². The predicted molar refractivity (Wildman–Crippen MR) is 113 cm³/mol. The first-order chi connectivity index (χ1) is 14.3. The second-order valence-corrected chi connectivity index (χ2v) is 9.47. The third-order valence-corrected chi connectivity index (χ3v) is 7.01. The van der Waals surface area contributed by atoms with Crippen molar-refractivity contribution in [2.45, 2.75) is 30.7 Å². The number of piperidine rings is 1. The van der Waals surface area contributed by atoms with E-state index >= 15 is 0 Å². The number of pyridine rings is 1. The molecule has 160 valence electrons. The summed E-state index contributed by atoms with van der Waals surface area (Å²) >= 11 is 5.84. The van der Waals surface area contributed by atoms with Gasteiger partial charge in [-0.3, -0.25) is 9.59 Å². The molecule has 10 heteroatoms. The minimum absolute atomic E-state index is 0.0609. The molecule has 0 bridgehead atoms. The minimum Gasteiger partial charge on any atom is -0.344 e. The molecule has 1 aromatic heterocycles. The molecule has 1 aliphatic rings. The number of hydrogen-bond acceptors (Lipinski definition) is 5. The van der Waals surface area contributed by atoms with E-state index in [-0.39, 0.29) is 17.3 Å². The van der Waals surface area contributed by atoms with Crippen LogP contribution < -0.4 is 10.6 Å². The van der Waals surface area contributed by atoms with Gasteiger partial charge < -0.3 is 10.6 Å². The summed E-state index contributed by atoms with van der Waals surface area (Å²) in [6.45, 7) is 1.97. The molecule has 0 unspecified atom stereocenters. The highest BCUT2D eigenvalue weighted by Crippen LogP contribution is 2.25. The molecule has 1 aromatic carbocycles. The number of carbonyl (C=O) groups is 2. The third-order valence-electron chi connectivity index (χ3n) is 4.87. The van der Waals surface area contributed by atoms with E-state index in [2.05, 4.69) is 15.6 Å². The second-order valence-electron chi connectivity index (χ2n) is 7.09. The fourth-order valence-electron chi connectivity index (χ4n) is 3.20. The maximum Gasteiger partial charge on any atom is 0.247 e. The summed E-state index contributed by atoms with van der Waals surface area (Å²) in [5, 5.41) is 5.75. The molecule has 0 saturated carbocycles. The monoisotopic (exact) mass is 450 g/mol. The minimum atomic E-state index is -3.72. The molecule has 8 nitrogen and oxygen atoms in total. The van der Waals surface area contributed by atoms with Gasteiger partial charge in [0.15, 0.2) is 0 Å². The molecule has 3 rings (SSSR count). The zero-order chi connectivity index (χ0) is 21.7. The first-order valence-electron chi connectivity index (χ1n) is 9.55. The van der Waals surface area contributed by atoms with Crippen LogP contribution in [0.25, 0.3) is 0 Å². The van der Waals surface area contributed by atoms with Crippen molar-refractivity contribution in [3.05, 3.63) is 53.7 Å². The summed E-state index contributed by atoms with van der Waals surface area (Å²) < 4.78 is 27.1. The Kier molecular flexibility index (Phi) is 7.06. The Labute approximate surface area is 180 Å². The predicted octanol–water partition coefficient (Wildman–Crippen LogP) is 2.28. The summed E-state index contributed by atoms with van der Waals surface area (Å²) in [4.78, 5) is 29.1. The molecular formula is C20H23ClN4O4S. The summed E-state index contributed by atoms with van der Waals surface area (Å²) in [5.41, 5.74) is 0. The SMILES string of the molecule is C[C@H](NC(=O)[C@H]1CCCN(S(=O)(=O)c2ccc(Cl)cc2)C1)C(=O)Nc1ccccn1. The maximum absolute atomic E-state index is 12.9. The number of rotatable bonds is 6. The Morgan fingerprint density at radius 1 is 1.20 bits per heavy atom. The van der Waals surface area contributed by atoms with E-state index in [1.54, 1.807) is 31.3 Å². The Morgan fingerprint density at radius 2 is 1.93 bits per heavy atom. The number of benzene rings is 1. The number of hydrogen-bond donors (Lipinski definition) is 2. The quantitative estimate of drug-likeness (QED) is 0.701. The highest BCUT2D eigenvalue weighted by atomic mass is 35.5. The largest absolute Gasteiger partial charge is 0.344 e. The zero-order valence-corrected chi connectivity index (χ0v) is 18.0. The highest BCUT2D eigenvalue weighted by molar-refractivity contribution is 7.89. The molecule has 1 saturated heterocycles. The van der Waals surface area contributed by atoms with Gasteiger partial charge in [-0.1, -0.05) is 17.7 Å². The highest BCUT2D eigenvalue weighted by Gasteiger charge is 2.34. The molecule has 2 atom stereocenters. The third kappa shape index (κ3) is 5.35. The maximum atomic E-state index is 12.9. The van der Waals surface area contributed by atoms with E-state index < -0.39 is 27.9 Å². The topological polar surface area (TPSA) is 108 Å². The average Bonchev–Trinajstić information content (AvgIpc) is 2.74.